The third-order valence-electron chi connectivity index (χ3n) is 1.74. The second kappa shape index (κ2) is 4.28. The molecule has 0 aliphatic rings. The second-order valence-corrected chi connectivity index (χ2v) is 3.36. The van der Waals surface area contributed by atoms with Crippen LogP contribution in [0.2, 0.25) is 0 Å². The second-order valence-electron chi connectivity index (χ2n) is 2.71. The number of hydrogen-bond acceptors (Lipinski definition) is 2. The van der Waals surface area contributed by atoms with Gasteiger partial charge in [0.2, 0.25) is 0 Å². The van der Waals surface area contributed by atoms with Crippen molar-refractivity contribution in [3.63, 3.8) is 0 Å². The summed E-state index contributed by atoms with van der Waals surface area (Å²) in [5.41, 5.74) is 0.614. The van der Waals surface area contributed by atoms with Gasteiger partial charge in [-0.15, -0.1) is 11.6 Å². The predicted octanol–water partition coefficient (Wildman–Crippen LogP) is 2.51. The normalized spacial score (nSPS) is 12.2. The monoisotopic (exact) mass is 198 g/mol. The molecule has 0 fully saturated rings. The molecule has 0 heterocycles. The van der Waals surface area contributed by atoms with Crippen LogP contribution in [0, 0.1) is 0 Å². The van der Waals surface area contributed by atoms with E-state index >= 15 is 0 Å². The van der Waals surface area contributed by atoms with Gasteiger partial charge in [-0.3, -0.25) is 4.79 Å². The standard InChI is InChI=1S/C10H11ClO2/c1-7(11)10(12)8-3-5-9(13-2)6-4-8/h3-7H,1-2H3. The molecule has 1 aromatic carbocycles. The Morgan fingerprint density at radius 1 is 1.38 bits per heavy atom. The van der Waals surface area contributed by atoms with Crippen LogP contribution >= 0.6 is 11.6 Å². The topological polar surface area (TPSA) is 26.3 Å². The van der Waals surface area contributed by atoms with Crippen molar-refractivity contribution in [1.29, 1.82) is 0 Å². The maximum Gasteiger partial charge on any atom is 0.180 e. The molecule has 0 aliphatic heterocycles. The maximum absolute atomic E-state index is 11.4. The van der Waals surface area contributed by atoms with Crippen LogP contribution in [0.4, 0.5) is 0 Å². The molecular weight excluding hydrogens is 188 g/mol. The van der Waals surface area contributed by atoms with E-state index in [-0.39, 0.29) is 5.78 Å². The van der Waals surface area contributed by atoms with Gasteiger partial charge >= 0.3 is 0 Å². The molecule has 1 aromatic rings. The number of halogens is 1. The van der Waals surface area contributed by atoms with Gasteiger partial charge in [0.25, 0.3) is 0 Å². The summed E-state index contributed by atoms with van der Waals surface area (Å²) in [6, 6.07) is 6.90. The maximum atomic E-state index is 11.4. The number of Topliss-reactive ketones (excluding diaryl/α,β-unsaturated/α-hetero) is 1. The van der Waals surface area contributed by atoms with Crippen molar-refractivity contribution in [2.75, 3.05) is 7.11 Å². The highest BCUT2D eigenvalue weighted by molar-refractivity contribution is 6.33. The van der Waals surface area contributed by atoms with Gasteiger partial charge in [-0.25, -0.2) is 0 Å². The summed E-state index contributed by atoms with van der Waals surface area (Å²) in [6.45, 7) is 1.66. The number of ketones is 1. The zero-order valence-electron chi connectivity index (χ0n) is 7.58. The Morgan fingerprint density at radius 3 is 2.31 bits per heavy atom. The van der Waals surface area contributed by atoms with Gasteiger partial charge in [0.15, 0.2) is 5.78 Å². The average molecular weight is 199 g/mol. The van der Waals surface area contributed by atoms with Crippen molar-refractivity contribution in [3.8, 4) is 5.75 Å². The van der Waals surface area contributed by atoms with E-state index in [4.69, 9.17) is 16.3 Å². The van der Waals surface area contributed by atoms with Crippen LogP contribution in [0.25, 0.3) is 0 Å². The van der Waals surface area contributed by atoms with Crippen LogP contribution in [0.3, 0.4) is 0 Å². The average Bonchev–Trinajstić information content (AvgIpc) is 2.17. The number of rotatable bonds is 3. The lowest BCUT2D eigenvalue weighted by atomic mass is 10.1. The smallest absolute Gasteiger partial charge is 0.180 e. The van der Waals surface area contributed by atoms with Crippen molar-refractivity contribution >= 4 is 17.4 Å². The van der Waals surface area contributed by atoms with Gasteiger partial charge in [-0.1, -0.05) is 0 Å². The van der Waals surface area contributed by atoms with Crippen molar-refractivity contribution in [2.24, 2.45) is 0 Å². The molecule has 13 heavy (non-hydrogen) atoms. The molecule has 1 atom stereocenters. The number of alkyl halides is 1. The van der Waals surface area contributed by atoms with E-state index in [1.807, 2.05) is 0 Å². The van der Waals surface area contributed by atoms with Crippen molar-refractivity contribution in [2.45, 2.75) is 12.3 Å². The zero-order valence-corrected chi connectivity index (χ0v) is 8.34. The highest BCUT2D eigenvalue weighted by Crippen LogP contribution is 2.14. The highest BCUT2D eigenvalue weighted by atomic mass is 35.5. The van der Waals surface area contributed by atoms with Gasteiger partial charge in [-0.2, -0.15) is 0 Å². The molecule has 0 saturated heterocycles. The molecule has 1 unspecified atom stereocenters. The number of ether oxygens (including phenoxy) is 1. The predicted molar refractivity (Wildman–Crippen MR) is 52.6 cm³/mol. The van der Waals surface area contributed by atoms with Crippen molar-refractivity contribution < 1.29 is 9.53 Å². The lowest BCUT2D eigenvalue weighted by Gasteiger charge is -2.03. The number of hydrogen-bond donors (Lipinski definition) is 0. The van der Waals surface area contributed by atoms with Crippen LogP contribution < -0.4 is 4.74 Å². The molecular formula is C10H11ClO2. The zero-order chi connectivity index (χ0) is 9.84. The Labute approximate surface area is 82.5 Å². The number of carbonyl (C=O) groups is 1. The largest absolute Gasteiger partial charge is 0.497 e. The van der Waals surface area contributed by atoms with Gasteiger partial charge in [0, 0.05) is 5.56 Å². The first kappa shape index (κ1) is 10.1. The first-order valence-corrected chi connectivity index (χ1v) is 4.41. The molecule has 0 aliphatic carbocycles. The van der Waals surface area contributed by atoms with Crippen molar-refractivity contribution in [1.82, 2.24) is 0 Å². The van der Waals surface area contributed by atoms with Crippen LogP contribution in [0.1, 0.15) is 17.3 Å². The van der Waals surface area contributed by atoms with Crippen LogP contribution in [0.5, 0.6) is 5.75 Å². The first-order chi connectivity index (χ1) is 6.15. The Balaban J connectivity index is 2.86. The lowest BCUT2D eigenvalue weighted by Crippen LogP contribution is -2.09. The molecule has 70 valence electrons. The molecule has 2 nitrogen and oxygen atoms in total. The minimum Gasteiger partial charge on any atom is -0.497 e. The SMILES string of the molecule is COc1ccc(C(=O)C(C)Cl)cc1. The van der Waals surface area contributed by atoms with E-state index in [0.717, 1.165) is 5.75 Å². The van der Waals surface area contributed by atoms with E-state index in [2.05, 4.69) is 0 Å². The van der Waals surface area contributed by atoms with E-state index in [0.29, 0.717) is 5.56 Å². The highest BCUT2D eigenvalue weighted by Gasteiger charge is 2.11. The molecule has 0 amide bonds. The van der Waals surface area contributed by atoms with Gasteiger partial charge in [0.05, 0.1) is 12.5 Å². The van der Waals surface area contributed by atoms with Crippen molar-refractivity contribution in [3.05, 3.63) is 29.8 Å². The number of carbonyl (C=O) groups excluding carboxylic acids is 1. The van der Waals surface area contributed by atoms with Gasteiger partial charge < -0.3 is 4.74 Å². The summed E-state index contributed by atoms with van der Waals surface area (Å²) >= 11 is 5.66. The minimum absolute atomic E-state index is 0.0654. The molecule has 0 spiro atoms. The molecule has 1 rings (SSSR count). The Bertz CT molecular complexity index is 290. The number of methoxy groups -OCH3 is 1. The molecule has 3 heteroatoms. The molecule has 0 radical (unpaired) electrons. The fraction of sp³-hybridized carbons (Fsp3) is 0.300. The Morgan fingerprint density at radius 2 is 1.92 bits per heavy atom. The Hall–Kier alpha value is -1.02. The first-order valence-electron chi connectivity index (χ1n) is 3.97. The third kappa shape index (κ3) is 2.46. The lowest BCUT2D eigenvalue weighted by molar-refractivity contribution is 0.0991. The Kier molecular flexibility index (Phi) is 3.32. The van der Waals surface area contributed by atoms with Crippen LogP contribution in [-0.2, 0) is 0 Å². The van der Waals surface area contributed by atoms with Gasteiger partial charge in [-0.05, 0) is 31.2 Å². The summed E-state index contributed by atoms with van der Waals surface area (Å²) < 4.78 is 4.97. The third-order valence-corrected chi connectivity index (χ3v) is 1.93. The summed E-state index contributed by atoms with van der Waals surface area (Å²) in [5, 5.41) is -0.478. The number of benzene rings is 1. The van der Waals surface area contributed by atoms with Crippen LogP contribution in [-0.4, -0.2) is 18.3 Å². The summed E-state index contributed by atoms with van der Waals surface area (Å²) in [5.74, 6) is 0.670. The summed E-state index contributed by atoms with van der Waals surface area (Å²) in [6.07, 6.45) is 0. The van der Waals surface area contributed by atoms with E-state index in [9.17, 15) is 4.79 Å². The van der Waals surface area contributed by atoms with E-state index < -0.39 is 5.38 Å². The molecule has 0 bridgehead atoms. The van der Waals surface area contributed by atoms with Gasteiger partial charge in [0.1, 0.15) is 5.75 Å². The molecule has 0 N–H and O–H groups in total. The molecule has 0 aromatic heterocycles. The minimum atomic E-state index is -0.478. The fourth-order valence-electron chi connectivity index (χ4n) is 0.985. The summed E-state index contributed by atoms with van der Waals surface area (Å²) in [4.78, 5) is 11.4. The molecule has 0 saturated carbocycles. The fourth-order valence-corrected chi connectivity index (χ4v) is 1.11. The van der Waals surface area contributed by atoms with E-state index in [1.165, 1.54) is 0 Å². The van der Waals surface area contributed by atoms with Crippen LogP contribution in [0.15, 0.2) is 24.3 Å². The quantitative estimate of drug-likeness (QED) is 0.551. The summed E-state index contributed by atoms with van der Waals surface area (Å²) in [7, 11) is 1.58. The van der Waals surface area contributed by atoms with E-state index in [1.54, 1.807) is 38.3 Å².